The highest BCUT2D eigenvalue weighted by atomic mass is 16.1. The van der Waals surface area contributed by atoms with Gasteiger partial charge >= 0.3 is 0 Å². The predicted molar refractivity (Wildman–Crippen MR) is 104 cm³/mol. The van der Waals surface area contributed by atoms with E-state index in [0.717, 1.165) is 53.7 Å². The van der Waals surface area contributed by atoms with Crippen molar-refractivity contribution in [3.63, 3.8) is 0 Å². The summed E-state index contributed by atoms with van der Waals surface area (Å²) >= 11 is 0. The summed E-state index contributed by atoms with van der Waals surface area (Å²) in [4.78, 5) is 31.8. The van der Waals surface area contributed by atoms with Gasteiger partial charge in [-0.05, 0) is 45.1 Å². The molecule has 1 saturated heterocycles. The van der Waals surface area contributed by atoms with Gasteiger partial charge < -0.3 is 10.6 Å². The van der Waals surface area contributed by atoms with Crippen LogP contribution in [0.25, 0.3) is 22.0 Å². The van der Waals surface area contributed by atoms with Crippen molar-refractivity contribution < 1.29 is 4.79 Å². The average Bonchev–Trinajstić information content (AvgIpc) is 2.68. The van der Waals surface area contributed by atoms with Crippen LogP contribution in [-0.2, 0) is 11.2 Å². The van der Waals surface area contributed by atoms with Gasteiger partial charge in [-0.25, -0.2) is 9.97 Å². The molecule has 0 atom stereocenters. The lowest BCUT2D eigenvalue weighted by atomic mass is 9.90. The van der Waals surface area contributed by atoms with Crippen LogP contribution in [0.3, 0.4) is 0 Å². The van der Waals surface area contributed by atoms with E-state index in [1.165, 1.54) is 0 Å². The van der Waals surface area contributed by atoms with Gasteiger partial charge in [-0.1, -0.05) is 0 Å². The normalized spacial score (nSPS) is 15.9. The van der Waals surface area contributed by atoms with Gasteiger partial charge in [0.05, 0.1) is 11.7 Å². The second kappa shape index (κ2) is 7.36. The van der Waals surface area contributed by atoms with Crippen LogP contribution in [0, 0.1) is 5.92 Å². The van der Waals surface area contributed by atoms with Gasteiger partial charge in [-0.3, -0.25) is 14.8 Å². The molecule has 3 aromatic heterocycles. The van der Waals surface area contributed by atoms with Crippen LogP contribution in [-0.4, -0.2) is 50.8 Å². The van der Waals surface area contributed by atoms with Gasteiger partial charge in [0.1, 0.15) is 5.78 Å². The summed E-state index contributed by atoms with van der Waals surface area (Å²) in [7, 11) is 2.10. The molecular formula is C20H22N6O. The Bertz CT molecular complexity index is 964. The number of ketones is 1. The summed E-state index contributed by atoms with van der Waals surface area (Å²) in [6, 6.07) is 3.97. The minimum absolute atomic E-state index is 0.148. The zero-order chi connectivity index (χ0) is 18.8. The summed E-state index contributed by atoms with van der Waals surface area (Å²) in [5, 5.41) is 0.950. The Kier molecular flexibility index (Phi) is 4.77. The van der Waals surface area contributed by atoms with Crippen molar-refractivity contribution in [2.24, 2.45) is 5.92 Å². The van der Waals surface area contributed by atoms with Crippen molar-refractivity contribution in [2.45, 2.75) is 19.3 Å². The number of rotatable bonds is 4. The third kappa shape index (κ3) is 3.93. The fraction of sp³-hybridized carbons (Fsp3) is 0.350. The molecule has 0 amide bonds. The molecule has 1 aliphatic rings. The van der Waals surface area contributed by atoms with E-state index in [1.54, 1.807) is 24.8 Å². The number of fused-ring (bicyclic) bond motifs is 1. The zero-order valence-corrected chi connectivity index (χ0v) is 15.3. The van der Waals surface area contributed by atoms with Gasteiger partial charge in [0.2, 0.25) is 5.95 Å². The lowest BCUT2D eigenvalue weighted by Crippen LogP contribution is -2.34. The highest BCUT2D eigenvalue weighted by Gasteiger charge is 2.23. The van der Waals surface area contributed by atoms with Crippen molar-refractivity contribution in [3.8, 4) is 11.1 Å². The standard InChI is InChI=1S/C20H22N6O/c1-26-4-2-13(3-5-26)19(27)8-17-7-14-6-15(9-23-18(14)12-22-17)16-10-24-20(21)25-11-16/h6-7,9-13H,2-5,8H2,1H3,(H2,21,24,25). The number of nitrogens with two attached hydrogens (primary N) is 1. The van der Waals surface area contributed by atoms with Gasteiger partial charge in [-0.2, -0.15) is 0 Å². The van der Waals surface area contributed by atoms with E-state index in [0.29, 0.717) is 6.42 Å². The highest BCUT2D eigenvalue weighted by Crippen LogP contribution is 2.23. The summed E-state index contributed by atoms with van der Waals surface area (Å²) in [6.45, 7) is 1.97. The summed E-state index contributed by atoms with van der Waals surface area (Å²) in [5.41, 5.74) is 8.89. The highest BCUT2D eigenvalue weighted by molar-refractivity contribution is 5.86. The monoisotopic (exact) mass is 362 g/mol. The van der Waals surface area contributed by atoms with E-state index in [2.05, 4.69) is 31.9 Å². The van der Waals surface area contributed by atoms with Gasteiger partial charge in [0.15, 0.2) is 0 Å². The first-order valence-corrected chi connectivity index (χ1v) is 9.12. The van der Waals surface area contributed by atoms with Crippen LogP contribution >= 0.6 is 0 Å². The molecule has 1 aliphatic heterocycles. The molecule has 7 nitrogen and oxygen atoms in total. The van der Waals surface area contributed by atoms with Crippen LogP contribution in [0.2, 0.25) is 0 Å². The largest absolute Gasteiger partial charge is 0.368 e. The molecule has 0 aromatic carbocycles. The molecule has 0 radical (unpaired) electrons. The Labute approximate surface area is 157 Å². The molecule has 3 aromatic rings. The topological polar surface area (TPSA) is 97.9 Å². The molecule has 1 fully saturated rings. The first kappa shape index (κ1) is 17.5. The molecule has 27 heavy (non-hydrogen) atoms. The third-order valence-electron chi connectivity index (χ3n) is 5.16. The number of nitrogen functional groups attached to an aromatic ring is 1. The Morgan fingerprint density at radius 1 is 1.04 bits per heavy atom. The number of carbonyl (C=O) groups excluding carboxylic acids is 1. The quantitative estimate of drug-likeness (QED) is 0.759. The van der Waals surface area contributed by atoms with Crippen LogP contribution in [0.5, 0.6) is 0 Å². The molecule has 0 bridgehead atoms. The van der Waals surface area contributed by atoms with Gasteiger partial charge in [0, 0.05) is 53.1 Å². The molecule has 0 unspecified atom stereocenters. The Balaban J connectivity index is 1.55. The number of nitrogens with zero attached hydrogens (tertiary/aromatic N) is 5. The second-order valence-corrected chi connectivity index (χ2v) is 7.14. The predicted octanol–water partition coefficient (Wildman–Crippen LogP) is 2.12. The fourth-order valence-corrected chi connectivity index (χ4v) is 3.47. The van der Waals surface area contributed by atoms with E-state index >= 15 is 0 Å². The molecule has 0 spiro atoms. The van der Waals surface area contributed by atoms with Crippen molar-refractivity contribution in [3.05, 3.63) is 42.6 Å². The minimum Gasteiger partial charge on any atom is -0.368 e. The fourth-order valence-electron chi connectivity index (χ4n) is 3.47. The maximum Gasteiger partial charge on any atom is 0.219 e. The number of likely N-dealkylation sites (tertiary alicyclic amines) is 1. The SMILES string of the molecule is CN1CCC(C(=O)Cc2cc3cc(-c4cnc(N)nc4)cnc3cn2)CC1. The molecule has 4 rings (SSSR count). The Morgan fingerprint density at radius 2 is 1.74 bits per heavy atom. The number of carbonyl (C=O) groups is 1. The van der Waals surface area contributed by atoms with Crippen molar-refractivity contribution in [2.75, 3.05) is 25.9 Å². The number of pyridine rings is 2. The smallest absolute Gasteiger partial charge is 0.219 e. The second-order valence-electron chi connectivity index (χ2n) is 7.14. The number of aromatic nitrogens is 4. The van der Waals surface area contributed by atoms with Crippen molar-refractivity contribution in [1.82, 2.24) is 24.8 Å². The molecule has 2 N–H and O–H groups in total. The zero-order valence-electron chi connectivity index (χ0n) is 15.3. The molecule has 7 heteroatoms. The van der Waals surface area contributed by atoms with Crippen LogP contribution in [0.1, 0.15) is 18.5 Å². The van der Waals surface area contributed by atoms with E-state index in [4.69, 9.17) is 5.73 Å². The van der Waals surface area contributed by atoms with Crippen molar-refractivity contribution >= 4 is 22.6 Å². The number of hydrogen-bond acceptors (Lipinski definition) is 7. The van der Waals surface area contributed by atoms with E-state index in [9.17, 15) is 4.79 Å². The minimum atomic E-state index is 0.148. The van der Waals surface area contributed by atoms with E-state index < -0.39 is 0 Å². The van der Waals surface area contributed by atoms with Crippen LogP contribution < -0.4 is 5.73 Å². The number of hydrogen-bond donors (Lipinski definition) is 1. The Hall–Kier alpha value is -2.93. The lowest BCUT2D eigenvalue weighted by molar-refractivity contribution is -0.123. The molecular weight excluding hydrogens is 340 g/mol. The summed E-state index contributed by atoms with van der Waals surface area (Å²) < 4.78 is 0. The first-order valence-electron chi connectivity index (χ1n) is 9.12. The van der Waals surface area contributed by atoms with E-state index in [-0.39, 0.29) is 17.6 Å². The summed E-state index contributed by atoms with van der Waals surface area (Å²) in [6.07, 6.45) is 9.10. The maximum atomic E-state index is 12.6. The molecule has 0 saturated carbocycles. The number of anilines is 1. The molecule has 0 aliphatic carbocycles. The van der Waals surface area contributed by atoms with E-state index in [1.807, 2.05) is 12.1 Å². The Morgan fingerprint density at radius 3 is 2.48 bits per heavy atom. The molecule has 4 heterocycles. The summed E-state index contributed by atoms with van der Waals surface area (Å²) in [5.74, 6) is 0.674. The average molecular weight is 362 g/mol. The lowest BCUT2D eigenvalue weighted by Gasteiger charge is -2.27. The first-order chi connectivity index (χ1) is 13.1. The maximum absolute atomic E-state index is 12.6. The van der Waals surface area contributed by atoms with Crippen LogP contribution in [0.4, 0.5) is 5.95 Å². The van der Waals surface area contributed by atoms with Gasteiger partial charge in [0.25, 0.3) is 0 Å². The molecule has 138 valence electrons. The number of Topliss-reactive ketones (excluding diaryl/α,β-unsaturated/α-hetero) is 1. The van der Waals surface area contributed by atoms with Crippen LogP contribution in [0.15, 0.2) is 36.9 Å². The van der Waals surface area contributed by atoms with Gasteiger partial charge in [-0.15, -0.1) is 0 Å². The number of piperidine rings is 1. The third-order valence-corrected chi connectivity index (χ3v) is 5.16. The van der Waals surface area contributed by atoms with Crippen molar-refractivity contribution in [1.29, 1.82) is 0 Å².